The number of ether oxygens (including phenoxy) is 1. The van der Waals surface area contributed by atoms with Crippen molar-refractivity contribution in [2.24, 2.45) is 0 Å². The molecule has 154 valence electrons. The normalized spacial score (nSPS) is 14.5. The summed E-state index contributed by atoms with van der Waals surface area (Å²) in [7, 11) is 0. The van der Waals surface area contributed by atoms with Gasteiger partial charge in [-0.1, -0.05) is 31.2 Å². The number of nitrogens with one attached hydrogen (secondary N) is 1. The Morgan fingerprint density at radius 3 is 2.87 bits per heavy atom. The number of esters is 1. The van der Waals surface area contributed by atoms with Gasteiger partial charge in [0, 0.05) is 16.8 Å². The first-order valence-electron chi connectivity index (χ1n) is 10.3. The highest BCUT2D eigenvalue weighted by Gasteiger charge is 2.26. The number of fused-ring (bicyclic) bond motifs is 2. The Morgan fingerprint density at radius 2 is 2.07 bits per heavy atom. The standard InChI is InChI=1S/C24H24N2O3S/c1-2-12-25-21(27)15-29-24(28)22-18-9-3-4-11-20(18)26-23-16(7-5-10-19(22)23)14-17-8-6-13-30-17/h3-4,6,8-9,11,13-14H,2,5,7,10,12,15H2,1H3,(H,25,27). The highest BCUT2D eigenvalue weighted by atomic mass is 32.1. The highest BCUT2D eigenvalue weighted by Crippen LogP contribution is 2.36. The average molecular weight is 421 g/mol. The van der Waals surface area contributed by atoms with Crippen LogP contribution in [-0.2, 0) is 16.0 Å². The van der Waals surface area contributed by atoms with Crippen molar-refractivity contribution in [3.63, 3.8) is 0 Å². The highest BCUT2D eigenvalue weighted by molar-refractivity contribution is 7.10. The number of nitrogens with zero attached hydrogens (tertiary/aromatic N) is 1. The first-order valence-corrected chi connectivity index (χ1v) is 11.1. The van der Waals surface area contributed by atoms with E-state index in [4.69, 9.17) is 9.72 Å². The van der Waals surface area contributed by atoms with Crippen LogP contribution in [0.1, 0.15) is 52.7 Å². The molecule has 1 N–H and O–H groups in total. The van der Waals surface area contributed by atoms with Gasteiger partial charge in [-0.25, -0.2) is 9.78 Å². The van der Waals surface area contributed by atoms with Crippen molar-refractivity contribution in [2.45, 2.75) is 32.6 Å². The lowest BCUT2D eigenvalue weighted by molar-refractivity contribution is -0.124. The van der Waals surface area contributed by atoms with Gasteiger partial charge in [-0.15, -0.1) is 11.3 Å². The van der Waals surface area contributed by atoms with Crippen LogP contribution < -0.4 is 5.32 Å². The molecular formula is C24H24N2O3S. The summed E-state index contributed by atoms with van der Waals surface area (Å²) in [5.41, 5.74) is 4.23. The van der Waals surface area contributed by atoms with Crippen LogP contribution in [0.25, 0.3) is 22.6 Å². The number of rotatable bonds is 6. The van der Waals surface area contributed by atoms with E-state index in [1.807, 2.05) is 37.3 Å². The van der Waals surface area contributed by atoms with Crippen LogP contribution in [0.3, 0.4) is 0 Å². The summed E-state index contributed by atoms with van der Waals surface area (Å²) >= 11 is 1.68. The first-order chi connectivity index (χ1) is 14.7. The maximum atomic E-state index is 13.1. The van der Waals surface area contributed by atoms with Crippen LogP contribution in [-0.4, -0.2) is 30.0 Å². The SMILES string of the molecule is CCCNC(=O)COC(=O)c1c2c(nc3ccccc13)C(=Cc1cccs1)CCC2. The lowest BCUT2D eigenvalue weighted by Gasteiger charge is -2.22. The fourth-order valence-electron chi connectivity index (χ4n) is 3.77. The predicted molar refractivity (Wildman–Crippen MR) is 120 cm³/mol. The second kappa shape index (κ2) is 9.22. The molecule has 1 aliphatic carbocycles. The minimum absolute atomic E-state index is 0.276. The second-order valence-electron chi connectivity index (χ2n) is 7.30. The molecule has 0 radical (unpaired) electrons. The van der Waals surface area contributed by atoms with E-state index in [9.17, 15) is 9.59 Å². The number of carbonyl (C=O) groups excluding carboxylic acids is 2. The number of hydrogen-bond donors (Lipinski definition) is 1. The molecule has 0 fully saturated rings. The summed E-state index contributed by atoms with van der Waals surface area (Å²) in [6.45, 7) is 2.27. The zero-order valence-corrected chi connectivity index (χ0v) is 17.8. The molecule has 0 saturated carbocycles. The first kappa shape index (κ1) is 20.3. The summed E-state index contributed by atoms with van der Waals surface area (Å²) in [6.07, 6.45) is 5.63. The molecule has 6 heteroatoms. The van der Waals surface area contributed by atoms with Crippen LogP contribution in [0.5, 0.6) is 0 Å². The Labute approximate surface area is 179 Å². The van der Waals surface area contributed by atoms with Crippen molar-refractivity contribution < 1.29 is 14.3 Å². The number of allylic oxidation sites excluding steroid dienone is 1. The smallest absolute Gasteiger partial charge is 0.339 e. The number of para-hydroxylation sites is 1. The number of carbonyl (C=O) groups is 2. The zero-order chi connectivity index (χ0) is 20.9. The molecule has 0 unspecified atom stereocenters. The van der Waals surface area contributed by atoms with Gasteiger partial charge in [0.05, 0.1) is 16.8 Å². The van der Waals surface area contributed by atoms with E-state index in [1.54, 1.807) is 11.3 Å². The molecule has 0 spiro atoms. The molecule has 0 bridgehead atoms. The topological polar surface area (TPSA) is 68.3 Å². The Kier molecular flexibility index (Phi) is 6.23. The molecule has 1 aliphatic rings. The van der Waals surface area contributed by atoms with Gasteiger partial charge >= 0.3 is 5.97 Å². The van der Waals surface area contributed by atoms with Gasteiger partial charge in [-0.05, 0) is 60.4 Å². The van der Waals surface area contributed by atoms with Crippen LogP contribution >= 0.6 is 11.3 Å². The molecule has 3 aromatic rings. The third-order valence-corrected chi connectivity index (χ3v) is 5.96. The van der Waals surface area contributed by atoms with Gasteiger partial charge in [0.15, 0.2) is 6.61 Å². The van der Waals surface area contributed by atoms with Crippen molar-refractivity contribution in [1.29, 1.82) is 0 Å². The molecule has 30 heavy (non-hydrogen) atoms. The van der Waals surface area contributed by atoms with Crippen molar-refractivity contribution in [1.82, 2.24) is 10.3 Å². The number of amides is 1. The molecule has 2 heterocycles. The number of hydrogen-bond acceptors (Lipinski definition) is 5. The maximum Gasteiger partial charge on any atom is 0.339 e. The summed E-state index contributed by atoms with van der Waals surface area (Å²) in [4.78, 5) is 31.1. The van der Waals surface area contributed by atoms with Crippen molar-refractivity contribution in [3.05, 3.63) is 63.5 Å². The zero-order valence-electron chi connectivity index (χ0n) is 16.9. The third kappa shape index (κ3) is 4.28. The summed E-state index contributed by atoms with van der Waals surface area (Å²) in [5, 5.41) is 5.56. The molecular weight excluding hydrogens is 396 g/mol. The average Bonchev–Trinajstić information content (AvgIpc) is 3.28. The van der Waals surface area contributed by atoms with Crippen LogP contribution in [0.2, 0.25) is 0 Å². The fraction of sp³-hybridized carbons (Fsp3) is 0.292. The van der Waals surface area contributed by atoms with E-state index in [-0.39, 0.29) is 12.5 Å². The molecule has 0 aliphatic heterocycles. The number of thiophene rings is 1. The Hall–Kier alpha value is -2.99. The van der Waals surface area contributed by atoms with E-state index in [1.165, 1.54) is 4.88 Å². The van der Waals surface area contributed by atoms with E-state index in [0.717, 1.165) is 53.4 Å². The van der Waals surface area contributed by atoms with E-state index in [0.29, 0.717) is 12.1 Å². The lowest BCUT2D eigenvalue weighted by atomic mass is 9.86. The molecule has 5 nitrogen and oxygen atoms in total. The van der Waals surface area contributed by atoms with Crippen LogP contribution in [0.4, 0.5) is 0 Å². The van der Waals surface area contributed by atoms with Crippen molar-refractivity contribution >= 4 is 45.8 Å². The molecule has 1 aromatic carbocycles. The second-order valence-corrected chi connectivity index (χ2v) is 8.28. The molecule has 1 amide bonds. The summed E-state index contributed by atoms with van der Waals surface area (Å²) < 4.78 is 5.41. The molecule has 2 aromatic heterocycles. The van der Waals surface area contributed by atoms with Crippen LogP contribution in [0.15, 0.2) is 41.8 Å². The monoisotopic (exact) mass is 420 g/mol. The van der Waals surface area contributed by atoms with Crippen molar-refractivity contribution in [3.8, 4) is 0 Å². The molecule has 4 rings (SSSR count). The summed E-state index contributed by atoms with van der Waals surface area (Å²) in [5.74, 6) is -0.746. The van der Waals surface area contributed by atoms with Gasteiger partial charge in [-0.2, -0.15) is 0 Å². The van der Waals surface area contributed by atoms with Gasteiger partial charge in [0.2, 0.25) is 0 Å². The fourth-order valence-corrected chi connectivity index (χ4v) is 4.45. The van der Waals surface area contributed by atoms with Gasteiger partial charge in [0.1, 0.15) is 0 Å². The predicted octanol–water partition coefficient (Wildman–Crippen LogP) is 4.86. The Balaban J connectivity index is 1.74. The van der Waals surface area contributed by atoms with E-state index in [2.05, 4.69) is 22.8 Å². The Bertz CT molecular complexity index is 1100. The largest absolute Gasteiger partial charge is 0.452 e. The number of pyridine rings is 1. The number of benzene rings is 1. The molecule has 0 saturated heterocycles. The minimum Gasteiger partial charge on any atom is -0.452 e. The van der Waals surface area contributed by atoms with E-state index >= 15 is 0 Å². The van der Waals surface area contributed by atoms with Gasteiger partial charge in [0.25, 0.3) is 5.91 Å². The Morgan fingerprint density at radius 1 is 1.20 bits per heavy atom. The lowest BCUT2D eigenvalue weighted by Crippen LogP contribution is -2.29. The van der Waals surface area contributed by atoms with Crippen LogP contribution in [0, 0.1) is 0 Å². The summed E-state index contributed by atoms with van der Waals surface area (Å²) in [6, 6.07) is 11.7. The van der Waals surface area contributed by atoms with Crippen molar-refractivity contribution in [2.75, 3.05) is 13.2 Å². The molecule has 0 atom stereocenters. The van der Waals surface area contributed by atoms with Gasteiger partial charge in [-0.3, -0.25) is 4.79 Å². The number of aromatic nitrogens is 1. The third-order valence-electron chi connectivity index (χ3n) is 5.14. The quantitative estimate of drug-likeness (QED) is 0.579. The van der Waals surface area contributed by atoms with E-state index < -0.39 is 5.97 Å². The van der Waals surface area contributed by atoms with Gasteiger partial charge < -0.3 is 10.1 Å². The minimum atomic E-state index is -0.464. The maximum absolute atomic E-state index is 13.1.